The third-order valence-corrected chi connectivity index (χ3v) is 3.09. The van der Waals surface area contributed by atoms with Crippen molar-refractivity contribution in [3.05, 3.63) is 0 Å². The number of aliphatic hydroxyl groups is 1. The normalized spacial score (nSPS) is 18.3. The molecule has 0 bridgehead atoms. The summed E-state index contributed by atoms with van der Waals surface area (Å²) in [6.07, 6.45) is -0.511. The molecule has 0 spiro atoms. The van der Waals surface area contributed by atoms with Crippen LogP contribution in [0.5, 0.6) is 0 Å². The molecule has 0 heterocycles. The van der Waals surface area contributed by atoms with Crippen molar-refractivity contribution in [3.63, 3.8) is 0 Å². The Kier molecular flexibility index (Phi) is 5.28. The Labute approximate surface area is 76.1 Å². The molecule has 0 aliphatic heterocycles. The van der Waals surface area contributed by atoms with Gasteiger partial charge in [-0.05, 0) is 6.92 Å². The van der Waals surface area contributed by atoms with Gasteiger partial charge in [0.2, 0.25) is 0 Å². The fourth-order valence-corrected chi connectivity index (χ4v) is 1.56. The van der Waals surface area contributed by atoms with Crippen molar-refractivity contribution < 1.29 is 15.0 Å². The Morgan fingerprint density at radius 3 is 2.33 bits per heavy atom. The molecule has 72 valence electrons. The van der Waals surface area contributed by atoms with Gasteiger partial charge < -0.3 is 15.9 Å². The quantitative estimate of drug-likeness (QED) is 0.568. The SMILES string of the molecule is CC(O)C(C)SC(CN)C(=O)O. The lowest BCUT2D eigenvalue weighted by molar-refractivity contribution is -0.136. The zero-order chi connectivity index (χ0) is 9.72. The summed E-state index contributed by atoms with van der Waals surface area (Å²) >= 11 is 1.19. The van der Waals surface area contributed by atoms with Crippen LogP contribution in [0.25, 0.3) is 0 Å². The van der Waals surface area contributed by atoms with E-state index in [1.165, 1.54) is 11.8 Å². The van der Waals surface area contributed by atoms with Crippen LogP contribution < -0.4 is 5.73 Å². The van der Waals surface area contributed by atoms with Gasteiger partial charge >= 0.3 is 5.97 Å². The third kappa shape index (κ3) is 3.94. The van der Waals surface area contributed by atoms with Gasteiger partial charge in [-0.3, -0.25) is 4.79 Å². The Bertz CT molecular complexity index is 152. The molecule has 0 aromatic heterocycles. The van der Waals surface area contributed by atoms with Crippen molar-refractivity contribution >= 4 is 17.7 Å². The van der Waals surface area contributed by atoms with Crippen LogP contribution in [0.2, 0.25) is 0 Å². The smallest absolute Gasteiger partial charge is 0.317 e. The highest BCUT2D eigenvalue weighted by Crippen LogP contribution is 2.19. The molecule has 0 amide bonds. The standard InChI is InChI=1S/C7H15NO3S/c1-4(9)5(2)12-6(3-8)7(10)11/h4-6,9H,3,8H2,1-2H3,(H,10,11). The molecule has 0 radical (unpaired) electrons. The molecule has 0 fully saturated rings. The van der Waals surface area contributed by atoms with Crippen LogP contribution in [0.4, 0.5) is 0 Å². The number of carboxylic acids is 1. The molecule has 0 saturated carbocycles. The van der Waals surface area contributed by atoms with Crippen molar-refractivity contribution in [2.45, 2.75) is 30.5 Å². The lowest BCUT2D eigenvalue weighted by atomic mass is 10.3. The van der Waals surface area contributed by atoms with Crippen LogP contribution in [0.15, 0.2) is 0 Å². The maximum Gasteiger partial charge on any atom is 0.317 e. The summed E-state index contributed by atoms with van der Waals surface area (Å²) in [5, 5.41) is 17.0. The summed E-state index contributed by atoms with van der Waals surface area (Å²) in [6.45, 7) is 3.51. The van der Waals surface area contributed by atoms with Gasteiger partial charge in [0, 0.05) is 11.8 Å². The number of rotatable bonds is 5. The predicted octanol–water partition coefficient (Wildman–Crippen LogP) is -0.0992. The van der Waals surface area contributed by atoms with Crippen LogP contribution in [0.3, 0.4) is 0 Å². The van der Waals surface area contributed by atoms with Gasteiger partial charge in [0.1, 0.15) is 5.25 Å². The van der Waals surface area contributed by atoms with E-state index in [0.717, 1.165) is 0 Å². The van der Waals surface area contributed by atoms with Gasteiger partial charge in [0.15, 0.2) is 0 Å². The molecule has 12 heavy (non-hydrogen) atoms. The summed E-state index contributed by atoms with van der Waals surface area (Å²) in [4.78, 5) is 10.5. The van der Waals surface area contributed by atoms with Crippen LogP contribution in [-0.4, -0.2) is 39.3 Å². The molecule has 0 aromatic carbocycles. The van der Waals surface area contributed by atoms with Crippen LogP contribution in [0, 0.1) is 0 Å². The van der Waals surface area contributed by atoms with E-state index < -0.39 is 17.3 Å². The number of carboxylic acid groups (broad SMARTS) is 1. The number of carbonyl (C=O) groups is 1. The number of aliphatic hydroxyl groups excluding tert-OH is 1. The minimum Gasteiger partial charge on any atom is -0.480 e. The van der Waals surface area contributed by atoms with Crippen molar-refractivity contribution in [2.75, 3.05) is 6.54 Å². The number of nitrogens with two attached hydrogens (primary N) is 1. The van der Waals surface area contributed by atoms with Gasteiger partial charge in [-0.1, -0.05) is 6.92 Å². The second-order valence-electron chi connectivity index (χ2n) is 2.64. The van der Waals surface area contributed by atoms with Crippen LogP contribution >= 0.6 is 11.8 Å². The second-order valence-corrected chi connectivity index (χ2v) is 4.23. The maximum absolute atomic E-state index is 10.5. The second kappa shape index (κ2) is 5.40. The molecular formula is C7H15NO3S. The third-order valence-electron chi connectivity index (χ3n) is 1.55. The Balaban J connectivity index is 3.94. The number of hydrogen-bond donors (Lipinski definition) is 3. The molecule has 3 unspecified atom stereocenters. The number of hydrogen-bond acceptors (Lipinski definition) is 4. The van der Waals surface area contributed by atoms with E-state index in [-0.39, 0.29) is 11.8 Å². The Morgan fingerprint density at radius 2 is 2.08 bits per heavy atom. The summed E-state index contributed by atoms with van der Waals surface area (Å²) in [6, 6.07) is 0. The van der Waals surface area contributed by atoms with Gasteiger partial charge in [-0.15, -0.1) is 11.8 Å². The first kappa shape index (κ1) is 11.7. The number of aliphatic carboxylic acids is 1. The van der Waals surface area contributed by atoms with Crippen molar-refractivity contribution in [1.29, 1.82) is 0 Å². The van der Waals surface area contributed by atoms with Crippen LogP contribution in [0.1, 0.15) is 13.8 Å². The van der Waals surface area contributed by atoms with E-state index in [1.54, 1.807) is 13.8 Å². The van der Waals surface area contributed by atoms with Crippen molar-refractivity contribution in [1.82, 2.24) is 0 Å². The minimum atomic E-state index is -0.921. The Morgan fingerprint density at radius 1 is 1.58 bits per heavy atom. The van der Waals surface area contributed by atoms with Crippen LogP contribution in [-0.2, 0) is 4.79 Å². The first-order valence-electron chi connectivity index (χ1n) is 3.75. The minimum absolute atomic E-state index is 0.0943. The van der Waals surface area contributed by atoms with E-state index in [2.05, 4.69) is 0 Å². The molecule has 0 aromatic rings. The molecule has 0 saturated heterocycles. The average molecular weight is 193 g/mol. The summed E-state index contributed by atoms with van der Waals surface area (Å²) in [7, 11) is 0. The molecule has 0 aliphatic rings. The molecule has 4 N–H and O–H groups in total. The highest BCUT2D eigenvalue weighted by atomic mass is 32.2. The fourth-order valence-electron chi connectivity index (χ4n) is 0.587. The summed E-state index contributed by atoms with van der Waals surface area (Å²) in [5.41, 5.74) is 5.24. The zero-order valence-corrected chi connectivity index (χ0v) is 8.04. The van der Waals surface area contributed by atoms with E-state index in [0.29, 0.717) is 0 Å². The first-order chi connectivity index (χ1) is 5.49. The molecule has 0 rings (SSSR count). The monoisotopic (exact) mass is 193 g/mol. The molecule has 3 atom stereocenters. The van der Waals surface area contributed by atoms with Crippen molar-refractivity contribution in [2.24, 2.45) is 5.73 Å². The van der Waals surface area contributed by atoms with Gasteiger partial charge in [-0.2, -0.15) is 0 Å². The predicted molar refractivity (Wildman–Crippen MR) is 49.2 cm³/mol. The topological polar surface area (TPSA) is 83.5 Å². The average Bonchev–Trinajstić information content (AvgIpc) is 1.98. The van der Waals surface area contributed by atoms with E-state index >= 15 is 0 Å². The zero-order valence-electron chi connectivity index (χ0n) is 7.23. The van der Waals surface area contributed by atoms with Crippen molar-refractivity contribution in [3.8, 4) is 0 Å². The van der Waals surface area contributed by atoms with E-state index in [4.69, 9.17) is 15.9 Å². The van der Waals surface area contributed by atoms with Gasteiger partial charge in [0.25, 0.3) is 0 Å². The highest BCUT2D eigenvalue weighted by molar-refractivity contribution is 8.01. The maximum atomic E-state index is 10.5. The number of thioether (sulfide) groups is 1. The largest absolute Gasteiger partial charge is 0.480 e. The van der Waals surface area contributed by atoms with Gasteiger partial charge in [0.05, 0.1) is 6.10 Å². The van der Waals surface area contributed by atoms with E-state index in [1.807, 2.05) is 0 Å². The lowest BCUT2D eigenvalue weighted by Crippen LogP contribution is -2.30. The first-order valence-corrected chi connectivity index (χ1v) is 4.69. The molecule has 0 aliphatic carbocycles. The summed E-state index contributed by atoms with van der Waals surface area (Å²) in [5.74, 6) is -0.921. The summed E-state index contributed by atoms with van der Waals surface area (Å²) < 4.78 is 0. The van der Waals surface area contributed by atoms with E-state index in [9.17, 15) is 4.79 Å². The fraction of sp³-hybridized carbons (Fsp3) is 0.857. The lowest BCUT2D eigenvalue weighted by Gasteiger charge is -2.17. The molecular weight excluding hydrogens is 178 g/mol. The van der Waals surface area contributed by atoms with Gasteiger partial charge in [-0.25, -0.2) is 0 Å². The highest BCUT2D eigenvalue weighted by Gasteiger charge is 2.21. The molecule has 5 heteroatoms. The Hall–Kier alpha value is -0.260. The molecule has 4 nitrogen and oxygen atoms in total.